The molecule has 1 aliphatic heterocycles. The van der Waals surface area contributed by atoms with Crippen LogP contribution in [0.15, 0.2) is 18.2 Å². The van der Waals surface area contributed by atoms with Gasteiger partial charge in [0.1, 0.15) is 6.42 Å². The van der Waals surface area contributed by atoms with Gasteiger partial charge in [0, 0.05) is 5.56 Å². The lowest BCUT2D eigenvalue weighted by Crippen LogP contribution is -2.14. The Balaban J connectivity index is 2.19. The van der Waals surface area contributed by atoms with Gasteiger partial charge < -0.3 is 9.47 Å². The van der Waals surface area contributed by atoms with Crippen LogP contribution >= 0.6 is 0 Å². The van der Waals surface area contributed by atoms with Crippen molar-refractivity contribution >= 4 is 5.78 Å². The number of ether oxygens (including phenoxy) is 2. The van der Waals surface area contributed by atoms with E-state index in [4.69, 9.17) is 9.47 Å². The molecule has 0 bridgehead atoms. The number of benzene rings is 1. The molecule has 1 aliphatic rings. The Morgan fingerprint density at radius 2 is 1.94 bits per heavy atom. The van der Waals surface area contributed by atoms with Crippen LogP contribution in [0, 0.1) is 0 Å². The highest BCUT2D eigenvalue weighted by atomic mass is 19.4. The fraction of sp³-hybridized carbons (Fsp3) is 0.300. The molecule has 0 N–H and O–H groups in total. The van der Waals surface area contributed by atoms with Gasteiger partial charge in [0.05, 0.1) is 0 Å². The standard InChI is InChI=1S/C10H7F3O3/c11-10(12,13)4-7(14)6-1-2-8-9(3-6)16-5-15-8/h1-3H,4-5H2. The molecular formula is C10H7F3O3. The third-order valence-electron chi connectivity index (χ3n) is 2.06. The molecule has 1 aromatic rings. The third-order valence-corrected chi connectivity index (χ3v) is 2.06. The molecule has 86 valence electrons. The van der Waals surface area contributed by atoms with Crippen molar-refractivity contribution in [3.8, 4) is 11.5 Å². The van der Waals surface area contributed by atoms with Crippen molar-refractivity contribution in [1.82, 2.24) is 0 Å². The first-order valence-corrected chi connectivity index (χ1v) is 4.45. The number of carbonyl (C=O) groups excluding carboxylic acids is 1. The summed E-state index contributed by atoms with van der Waals surface area (Å²) in [6, 6.07) is 3.98. The van der Waals surface area contributed by atoms with Crippen LogP contribution in [0.1, 0.15) is 16.8 Å². The minimum Gasteiger partial charge on any atom is -0.454 e. The molecule has 0 spiro atoms. The first-order chi connectivity index (χ1) is 7.46. The fourth-order valence-corrected chi connectivity index (χ4v) is 1.35. The van der Waals surface area contributed by atoms with Gasteiger partial charge in [-0.25, -0.2) is 0 Å². The largest absolute Gasteiger partial charge is 0.454 e. The summed E-state index contributed by atoms with van der Waals surface area (Å²) in [5, 5.41) is 0. The lowest BCUT2D eigenvalue weighted by molar-refractivity contribution is -0.125. The van der Waals surface area contributed by atoms with Crippen molar-refractivity contribution < 1.29 is 27.4 Å². The van der Waals surface area contributed by atoms with Crippen LogP contribution in [0.4, 0.5) is 13.2 Å². The normalized spacial score (nSPS) is 13.9. The van der Waals surface area contributed by atoms with Crippen molar-refractivity contribution in [3.63, 3.8) is 0 Å². The SMILES string of the molecule is O=C(CC(F)(F)F)c1ccc2c(c1)OCO2. The van der Waals surface area contributed by atoms with Gasteiger partial charge in [0.25, 0.3) is 0 Å². The predicted molar refractivity (Wildman–Crippen MR) is 47.6 cm³/mol. The zero-order valence-corrected chi connectivity index (χ0v) is 8.00. The monoisotopic (exact) mass is 232 g/mol. The molecule has 0 atom stereocenters. The third kappa shape index (κ3) is 2.26. The molecule has 16 heavy (non-hydrogen) atoms. The van der Waals surface area contributed by atoms with Crippen LogP contribution in [0.3, 0.4) is 0 Å². The van der Waals surface area contributed by atoms with E-state index < -0.39 is 18.4 Å². The van der Waals surface area contributed by atoms with E-state index in [1.807, 2.05) is 0 Å². The molecule has 0 aliphatic carbocycles. The minimum atomic E-state index is -4.49. The van der Waals surface area contributed by atoms with Gasteiger partial charge in [-0.15, -0.1) is 0 Å². The summed E-state index contributed by atoms with van der Waals surface area (Å²) < 4.78 is 45.9. The van der Waals surface area contributed by atoms with Gasteiger partial charge in [-0.05, 0) is 18.2 Å². The van der Waals surface area contributed by atoms with Gasteiger partial charge in [0.15, 0.2) is 17.3 Å². The van der Waals surface area contributed by atoms with Crippen LogP contribution in [-0.2, 0) is 0 Å². The molecule has 1 heterocycles. The van der Waals surface area contributed by atoms with Crippen molar-refractivity contribution in [2.75, 3.05) is 6.79 Å². The highest BCUT2D eigenvalue weighted by molar-refractivity contribution is 5.97. The smallest absolute Gasteiger partial charge is 0.396 e. The Kier molecular flexibility index (Phi) is 2.49. The van der Waals surface area contributed by atoms with E-state index in [1.54, 1.807) is 0 Å². The van der Waals surface area contributed by atoms with Crippen molar-refractivity contribution in [2.24, 2.45) is 0 Å². The Bertz CT molecular complexity index is 426. The minimum absolute atomic E-state index is 0.0201. The van der Waals surface area contributed by atoms with Crippen LogP contribution in [0.5, 0.6) is 11.5 Å². The lowest BCUT2D eigenvalue weighted by Gasteiger charge is -2.05. The average molecular weight is 232 g/mol. The zero-order valence-electron chi connectivity index (χ0n) is 8.00. The van der Waals surface area contributed by atoms with Crippen molar-refractivity contribution in [1.29, 1.82) is 0 Å². The van der Waals surface area contributed by atoms with E-state index in [0.717, 1.165) is 0 Å². The number of fused-ring (bicyclic) bond motifs is 1. The molecule has 6 heteroatoms. The molecule has 0 amide bonds. The van der Waals surface area contributed by atoms with Crippen molar-refractivity contribution in [3.05, 3.63) is 23.8 Å². The number of carbonyl (C=O) groups is 1. The summed E-state index contributed by atoms with van der Waals surface area (Å²) in [6.07, 6.45) is -5.96. The quantitative estimate of drug-likeness (QED) is 0.735. The maximum Gasteiger partial charge on any atom is 0.396 e. The summed E-state index contributed by atoms with van der Waals surface area (Å²) in [7, 11) is 0. The summed E-state index contributed by atoms with van der Waals surface area (Å²) in [4.78, 5) is 11.2. The first-order valence-electron chi connectivity index (χ1n) is 4.45. The number of halogens is 3. The van der Waals surface area contributed by atoms with Crippen LogP contribution < -0.4 is 9.47 Å². The van der Waals surface area contributed by atoms with Crippen LogP contribution in [0.25, 0.3) is 0 Å². The van der Waals surface area contributed by atoms with E-state index in [1.165, 1.54) is 18.2 Å². The highest BCUT2D eigenvalue weighted by Crippen LogP contribution is 2.33. The molecule has 0 saturated carbocycles. The Labute approximate surface area is 88.8 Å². The Morgan fingerprint density at radius 1 is 1.25 bits per heavy atom. The van der Waals surface area contributed by atoms with E-state index in [-0.39, 0.29) is 12.4 Å². The van der Waals surface area contributed by atoms with E-state index >= 15 is 0 Å². The molecule has 0 saturated heterocycles. The van der Waals surface area contributed by atoms with E-state index in [9.17, 15) is 18.0 Å². The molecule has 0 unspecified atom stereocenters. The van der Waals surface area contributed by atoms with Gasteiger partial charge >= 0.3 is 6.18 Å². The first kappa shape index (κ1) is 10.8. The number of alkyl halides is 3. The maximum atomic E-state index is 12.0. The Hall–Kier alpha value is -1.72. The highest BCUT2D eigenvalue weighted by Gasteiger charge is 2.32. The summed E-state index contributed by atoms with van der Waals surface area (Å²) >= 11 is 0. The average Bonchev–Trinajstić information content (AvgIpc) is 2.61. The Morgan fingerprint density at radius 3 is 2.62 bits per heavy atom. The molecule has 2 rings (SSSR count). The summed E-state index contributed by atoms with van der Waals surface area (Å²) in [5.41, 5.74) is -0.0263. The lowest BCUT2D eigenvalue weighted by atomic mass is 10.1. The fourth-order valence-electron chi connectivity index (χ4n) is 1.35. The van der Waals surface area contributed by atoms with Gasteiger partial charge in [-0.1, -0.05) is 0 Å². The molecule has 0 fully saturated rings. The van der Waals surface area contributed by atoms with Gasteiger partial charge in [0.2, 0.25) is 6.79 Å². The zero-order chi connectivity index (χ0) is 11.8. The number of hydrogen-bond donors (Lipinski definition) is 0. The molecular weight excluding hydrogens is 225 g/mol. The maximum absolute atomic E-state index is 12.0. The number of ketones is 1. The number of rotatable bonds is 2. The van der Waals surface area contributed by atoms with E-state index in [2.05, 4.69) is 0 Å². The predicted octanol–water partition coefficient (Wildman–Crippen LogP) is 2.55. The molecule has 0 aromatic heterocycles. The molecule has 0 radical (unpaired) electrons. The summed E-state index contributed by atoms with van der Waals surface area (Å²) in [5.74, 6) is -0.248. The summed E-state index contributed by atoms with van der Waals surface area (Å²) in [6.45, 7) is 0.0201. The molecule has 1 aromatic carbocycles. The number of Topliss-reactive ketones (excluding diaryl/α,β-unsaturated/α-hetero) is 1. The van der Waals surface area contributed by atoms with Crippen LogP contribution in [-0.4, -0.2) is 18.8 Å². The van der Waals surface area contributed by atoms with Gasteiger partial charge in [-0.3, -0.25) is 4.79 Å². The number of hydrogen-bond acceptors (Lipinski definition) is 3. The topological polar surface area (TPSA) is 35.5 Å². The van der Waals surface area contributed by atoms with Crippen molar-refractivity contribution in [2.45, 2.75) is 12.6 Å². The second-order valence-electron chi connectivity index (χ2n) is 3.28. The van der Waals surface area contributed by atoms with Crippen LogP contribution in [0.2, 0.25) is 0 Å². The second-order valence-corrected chi connectivity index (χ2v) is 3.28. The second kappa shape index (κ2) is 3.70. The molecule has 3 nitrogen and oxygen atoms in total. The van der Waals surface area contributed by atoms with Gasteiger partial charge in [-0.2, -0.15) is 13.2 Å². The van der Waals surface area contributed by atoms with E-state index in [0.29, 0.717) is 11.5 Å².